The number of carbonyl (C=O) groups excluding carboxylic acids is 1. The topological polar surface area (TPSA) is 161 Å². The van der Waals surface area contributed by atoms with Gasteiger partial charge in [-0.05, 0) is 71.7 Å². The maximum Gasteiger partial charge on any atom is 0.410 e. The lowest BCUT2D eigenvalue weighted by Gasteiger charge is -2.33. The van der Waals surface area contributed by atoms with Crippen LogP contribution in [-0.4, -0.2) is 86.1 Å². The number of nitrogens with zero attached hydrogens (tertiary/aromatic N) is 5. The molecule has 232 valence electrons. The second-order valence-corrected chi connectivity index (χ2v) is 11.7. The van der Waals surface area contributed by atoms with E-state index in [1.165, 1.54) is 7.11 Å². The summed E-state index contributed by atoms with van der Waals surface area (Å²) >= 11 is 0. The molecule has 14 heteroatoms. The SMILES string of the molecule is COc1ccc2c(n1)[nH]c(=O)n2C1CCN(C(=O)OC(C)(C)C)CC1.COc1ccc2c(n1)[nH]c(=O)n2C1CCNCC1. The molecular formula is C29H40N8O6. The van der Waals surface area contributed by atoms with Gasteiger partial charge >= 0.3 is 17.5 Å². The third kappa shape index (κ3) is 6.69. The van der Waals surface area contributed by atoms with E-state index in [-0.39, 0.29) is 29.6 Å². The summed E-state index contributed by atoms with van der Waals surface area (Å²) in [5.74, 6) is 0.974. The Bertz CT molecular complexity index is 1680. The van der Waals surface area contributed by atoms with Crippen molar-refractivity contribution in [1.82, 2.24) is 39.3 Å². The van der Waals surface area contributed by atoms with Crippen LogP contribution in [-0.2, 0) is 4.74 Å². The molecule has 0 radical (unpaired) electrons. The monoisotopic (exact) mass is 596 g/mol. The van der Waals surface area contributed by atoms with Gasteiger partial charge in [0, 0.05) is 37.3 Å². The van der Waals surface area contributed by atoms with E-state index in [0.29, 0.717) is 49.0 Å². The number of piperidine rings is 2. The van der Waals surface area contributed by atoms with Crippen molar-refractivity contribution in [2.45, 2.75) is 64.1 Å². The van der Waals surface area contributed by atoms with Crippen LogP contribution in [0.15, 0.2) is 33.9 Å². The number of methoxy groups -OCH3 is 2. The van der Waals surface area contributed by atoms with E-state index in [9.17, 15) is 14.4 Å². The second kappa shape index (κ2) is 12.5. The number of fused-ring (bicyclic) bond motifs is 2. The molecule has 0 aliphatic carbocycles. The Labute approximate surface area is 248 Å². The molecular weight excluding hydrogens is 556 g/mol. The van der Waals surface area contributed by atoms with E-state index >= 15 is 0 Å². The van der Waals surface area contributed by atoms with Crippen LogP contribution in [0.2, 0.25) is 0 Å². The van der Waals surface area contributed by atoms with Gasteiger partial charge < -0.3 is 24.4 Å². The summed E-state index contributed by atoms with van der Waals surface area (Å²) in [5, 5.41) is 3.30. The van der Waals surface area contributed by atoms with E-state index in [4.69, 9.17) is 14.2 Å². The van der Waals surface area contributed by atoms with E-state index in [1.807, 2.05) is 37.5 Å². The minimum absolute atomic E-state index is 0.0233. The molecule has 4 aromatic rings. The normalized spacial score (nSPS) is 16.6. The average molecular weight is 597 g/mol. The zero-order chi connectivity index (χ0) is 30.7. The van der Waals surface area contributed by atoms with Gasteiger partial charge in [-0.25, -0.2) is 14.4 Å². The number of imidazole rings is 2. The zero-order valence-electron chi connectivity index (χ0n) is 25.3. The first-order valence-corrected chi connectivity index (χ1v) is 14.6. The number of ether oxygens (including phenoxy) is 3. The first kappa shape index (κ1) is 30.1. The van der Waals surface area contributed by atoms with Crippen molar-refractivity contribution in [1.29, 1.82) is 0 Å². The maximum absolute atomic E-state index is 12.4. The highest BCUT2D eigenvalue weighted by atomic mass is 16.6. The Balaban J connectivity index is 0.000000180. The van der Waals surface area contributed by atoms with Crippen molar-refractivity contribution in [2.75, 3.05) is 40.4 Å². The van der Waals surface area contributed by atoms with E-state index in [0.717, 1.165) is 37.0 Å². The number of rotatable bonds is 4. The van der Waals surface area contributed by atoms with Gasteiger partial charge in [-0.3, -0.25) is 19.1 Å². The quantitative estimate of drug-likeness (QED) is 0.322. The molecule has 0 unspecified atom stereocenters. The van der Waals surface area contributed by atoms with Crippen LogP contribution >= 0.6 is 0 Å². The lowest BCUT2D eigenvalue weighted by molar-refractivity contribution is 0.0189. The molecule has 2 saturated heterocycles. The van der Waals surface area contributed by atoms with E-state index < -0.39 is 5.60 Å². The number of likely N-dealkylation sites (tertiary alicyclic amines) is 1. The molecule has 4 aromatic heterocycles. The second-order valence-electron chi connectivity index (χ2n) is 11.7. The molecule has 0 spiro atoms. The molecule has 6 heterocycles. The lowest BCUT2D eigenvalue weighted by atomic mass is 10.1. The van der Waals surface area contributed by atoms with Crippen molar-refractivity contribution in [3.05, 3.63) is 45.2 Å². The number of hydrogen-bond donors (Lipinski definition) is 3. The van der Waals surface area contributed by atoms with Crippen LogP contribution < -0.4 is 26.2 Å². The van der Waals surface area contributed by atoms with Gasteiger partial charge in [-0.2, -0.15) is 9.97 Å². The van der Waals surface area contributed by atoms with Gasteiger partial charge in [0.1, 0.15) is 5.60 Å². The molecule has 3 N–H and O–H groups in total. The summed E-state index contributed by atoms with van der Waals surface area (Å²) in [7, 11) is 3.10. The Morgan fingerprint density at radius 2 is 1.26 bits per heavy atom. The number of H-pyrrole nitrogens is 2. The smallest absolute Gasteiger partial charge is 0.410 e. The summed E-state index contributed by atoms with van der Waals surface area (Å²) in [4.78, 5) is 52.4. The van der Waals surface area contributed by atoms with Crippen molar-refractivity contribution in [3.63, 3.8) is 0 Å². The highest BCUT2D eigenvalue weighted by Crippen LogP contribution is 2.26. The molecule has 14 nitrogen and oxygen atoms in total. The van der Waals surface area contributed by atoms with Gasteiger partial charge in [0.2, 0.25) is 11.8 Å². The van der Waals surface area contributed by atoms with Gasteiger partial charge in [0.15, 0.2) is 11.3 Å². The fraction of sp³-hybridized carbons (Fsp3) is 0.552. The predicted molar refractivity (Wildman–Crippen MR) is 161 cm³/mol. The Hall–Kier alpha value is -4.33. The summed E-state index contributed by atoms with van der Waals surface area (Å²) in [6.45, 7) is 8.57. The molecule has 0 atom stereocenters. The standard InChI is InChI=1S/C17H24N4O4.C12H16N4O2/c1-17(2,3)25-16(23)20-9-7-11(8-10-20)21-12-5-6-13(24-4)18-14(12)19-15(21)22;1-18-10-3-2-9-11(14-10)15-12(17)16(9)8-4-6-13-7-5-8/h5-6,11H,7-10H2,1-4H3,(H,18,19,22);2-3,8,13H,4-7H2,1H3,(H,14,15,17). The molecule has 2 aliphatic heterocycles. The third-order valence-electron chi connectivity index (χ3n) is 7.68. The fourth-order valence-electron chi connectivity index (χ4n) is 5.63. The number of pyridine rings is 2. The first-order valence-electron chi connectivity index (χ1n) is 14.6. The number of hydrogen-bond acceptors (Lipinski definition) is 9. The number of nitrogens with one attached hydrogen (secondary N) is 3. The highest BCUT2D eigenvalue weighted by Gasteiger charge is 2.29. The zero-order valence-corrected chi connectivity index (χ0v) is 25.3. The van der Waals surface area contributed by atoms with Crippen molar-refractivity contribution in [2.24, 2.45) is 0 Å². The van der Waals surface area contributed by atoms with Gasteiger partial charge in [-0.1, -0.05) is 0 Å². The molecule has 43 heavy (non-hydrogen) atoms. The first-order chi connectivity index (χ1) is 20.6. The highest BCUT2D eigenvalue weighted by molar-refractivity contribution is 5.72. The number of aromatic amines is 2. The minimum Gasteiger partial charge on any atom is -0.481 e. The van der Waals surface area contributed by atoms with Gasteiger partial charge in [-0.15, -0.1) is 0 Å². The molecule has 0 saturated carbocycles. The maximum atomic E-state index is 12.4. The number of amides is 1. The summed E-state index contributed by atoms with van der Waals surface area (Å²) in [5.41, 5.74) is 1.93. The number of aromatic nitrogens is 6. The molecule has 2 fully saturated rings. The average Bonchev–Trinajstić information content (AvgIpc) is 3.50. The van der Waals surface area contributed by atoms with Crippen molar-refractivity contribution in [3.8, 4) is 11.8 Å². The van der Waals surface area contributed by atoms with E-state index in [1.54, 1.807) is 28.7 Å². The summed E-state index contributed by atoms with van der Waals surface area (Å²) in [6.07, 6.45) is 3.03. The summed E-state index contributed by atoms with van der Waals surface area (Å²) in [6, 6.07) is 7.52. The lowest BCUT2D eigenvalue weighted by Crippen LogP contribution is -2.43. The van der Waals surface area contributed by atoms with Gasteiger partial charge in [0.25, 0.3) is 0 Å². The Kier molecular flexibility index (Phi) is 8.76. The molecule has 2 aliphatic rings. The molecule has 6 rings (SSSR count). The van der Waals surface area contributed by atoms with Crippen LogP contribution in [0.25, 0.3) is 22.3 Å². The molecule has 0 aromatic carbocycles. The van der Waals surface area contributed by atoms with Crippen LogP contribution in [0.4, 0.5) is 4.79 Å². The molecule has 1 amide bonds. The fourth-order valence-corrected chi connectivity index (χ4v) is 5.63. The summed E-state index contributed by atoms with van der Waals surface area (Å²) < 4.78 is 19.1. The van der Waals surface area contributed by atoms with Gasteiger partial charge in [0.05, 0.1) is 25.3 Å². The van der Waals surface area contributed by atoms with E-state index in [2.05, 4.69) is 25.3 Å². The third-order valence-corrected chi connectivity index (χ3v) is 7.68. The van der Waals surface area contributed by atoms with Crippen LogP contribution in [0, 0.1) is 0 Å². The number of carbonyl (C=O) groups is 1. The predicted octanol–water partition coefficient (Wildman–Crippen LogP) is 2.96. The van der Waals surface area contributed by atoms with Crippen molar-refractivity contribution < 1.29 is 19.0 Å². The Morgan fingerprint density at radius 3 is 1.70 bits per heavy atom. The van der Waals surface area contributed by atoms with Crippen LogP contribution in [0.3, 0.4) is 0 Å². The molecule has 0 bridgehead atoms. The minimum atomic E-state index is -0.508. The van der Waals surface area contributed by atoms with Crippen molar-refractivity contribution >= 4 is 28.4 Å². The van der Waals surface area contributed by atoms with Crippen LogP contribution in [0.5, 0.6) is 11.8 Å². The largest absolute Gasteiger partial charge is 0.481 e. The van der Waals surface area contributed by atoms with Crippen LogP contribution in [0.1, 0.15) is 58.5 Å². The Morgan fingerprint density at radius 1 is 0.791 bits per heavy atom.